The summed E-state index contributed by atoms with van der Waals surface area (Å²) in [5, 5.41) is 2.66. The minimum absolute atomic E-state index is 0.666. The van der Waals surface area contributed by atoms with Crippen molar-refractivity contribution >= 4 is 28.2 Å². The van der Waals surface area contributed by atoms with Crippen LogP contribution in [-0.2, 0) is 5.75 Å². The zero-order chi connectivity index (χ0) is 6.69. The molecular formula is C5H8N2S2. The van der Waals surface area contributed by atoms with Crippen LogP contribution in [0.15, 0.2) is 5.38 Å². The van der Waals surface area contributed by atoms with E-state index in [2.05, 4.69) is 11.2 Å². The second kappa shape index (κ2) is 3.08. The van der Waals surface area contributed by atoms with Crippen LogP contribution >= 0.6 is 23.1 Å². The third kappa shape index (κ3) is 1.87. The summed E-state index contributed by atoms with van der Waals surface area (Å²) >= 11 is 3.25. The zero-order valence-corrected chi connectivity index (χ0v) is 6.76. The van der Waals surface area contributed by atoms with Crippen molar-refractivity contribution in [2.75, 3.05) is 12.0 Å². The predicted molar refractivity (Wildman–Crippen MR) is 43.7 cm³/mol. The molecule has 1 aromatic heterocycles. The quantitative estimate of drug-likeness (QED) is 0.714. The summed E-state index contributed by atoms with van der Waals surface area (Å²) in [5.74, 6) is 0.966. The molecular weight excluding hydrogens is 152 g/mol. The van der Waals surface area contributed by atoms with Gasteiger partial charge in [-0.3, -0.25) is 0 Å². The normalized spacial score (nSPS) is 9.89. The summed E-state index contributed by atoms with van der Waals surface area (Å²) < 4.78 is 0. The Morgan fingerprint density at radius 3 is 3.11 bits per heavy atom. The van der Waals surface area contributed by atoms with E-state index in [0.29, 0.717) is 5.13 Å². The maximum atomic E-state index is 5.41. The van der Waals surface area contributed by atoms with Gasteiger partial charge in [-0.05, 0) is 6.26 Å². The lowest BCUT2D eigenvalue weighted by Crippen LogP contribution is -1.83. The van der Waals surface area contributed by atoms with Crippen LogP contribution in [0.3, 0.4) is 0 Å². The molecule has 0 atom stereocenters. The van der Waals surface area contributed by atoms with Crippen molar-refractivity contribution in [2.45, 2.75) is 5.75 Å². The van der Waals surface area contributed by atoms with Crippen LogP contribution in [0.2, 0.25) is 0 Å². The van der Waals surface area contributed by atoms with Gasteiger partial charge in [0.25, 0.3) is 0 Å². The molecule has 0 unspecified atom stereocenters. The van der Waals surface area contributed by atoms with Crippen molar-refractivity contribution in [1.82, 2.24) is 4.98 Å². The van der Waals surface area contributed by atoms with Gasteiger partial charge in [0.15, 0.2) is 5.13 Å². The molecule has 1 rings (SSSR count). The molecule has 1 aromatic rings. The first-order valence-corrected chi connectivity index (χ1v) is 4.79. The molecule has 4 heteroatoms. The van der Waals surface area contributed by atoms with Gasteiger partial charge >= 0.3 is 0 Å². The molecule has 2 N–H and O–H groups in total. The van der Waals surface area contributed by atoms with Crippen molar-refractivity contribution < 1.29 is 0 Å². The number of hydrogen-bond acceptors (Lipinski definition) is 4. The maximum Gasteiger partial charge on any atom is 0.180 e. The first kappa shape index (κ1) is 6.89. The molecule has 0 aliphatic carbocycles. The number of nitrogens with two attached hydrogens (primary N) is 1. The van der Waals surface area contributed by atoms with Gasteiger partial charge in [-0.1, -0.05) is 0 Å². The van der Waals surface area contributed by atoms with Crippen LogP contribution in [0.1, 0.15) is 5.69 Å². The number of nitrogens with zero attached hydrogens (tertiary/aromatic N) is 1. The lowest BCUT2D eigenvalue weighted by molar-refractivity contribution is 1.24. The molecule has 0 aliphatic rings. The molecule has 50 valence electrons. The highest BCUT2D eigenvalue weighted by Gasteiger charge is 1.94. The van der Waals surface area contributed by atoms with Crippen molar-refractivity contribution in [3.8, 4) is 0 Å². The van der Waals surface area contributed by atoms with E-state index in [-0.39, 0.29) is 0 Å². The smallest absolute Gasteiger partial charge is 0.180 e. The van der Waals surface area contributed by atoms with Crippen LogP contribution in [0, 0.1) is 0 Å². The molecule has 9 heavy (non-hydrogen) atoms. The number of anilines is 1. The zero-order valence-electron chi connectivity index (χ0n) is 5.13. The molecule has 0 amide bonds. The van der Waals surface area contributed by atoms with Gasteiger partial charge < -0.3 is 5.73 Å². The van der Waals surface area contributed by atoms with Gasteiger partial charge in [-0.15, -0.1) is 11.3 Å². The standard InChI is InChI=1S/C5H8N2S2/c1-8-2-4-3-9-5(6)7-4/h3H,2H2,1H3,(H2,6,7). The summed E-state index contributed by atoms with van der Waals surface area (Å²) in [5.41, 5.74) is 6.49. The fourth-order valence-corrected chi connectivity index (χ4v) is 1.65. The topological polar surface area (TPSA) is 38.9 Å². The number of nitrogen functional groups attached to an aromatic ring is 1. The Morgan fingerprint density at radius 1 is 1.89 bits per heavy atom. The molecule has 0 aliphatic heterocycles. The summed E-state index contributed by atoms with van der Waals surface area (Å²) in [4.78, 5) is 4.08. The van der Waals surface area contributed by atoms with Crippen molar-refractivity contribution in [3.05, 3.63) is 11.1 Å². The largest absolute Gasteiger partial charge is 0.375 e. The number of aromatic nitrogens is 1. The molecule has 2 nitrogen and oxygen atoms in total. The van der Waals surface area contributed by atoms with Gasteiger partial charge in [0.1, 0.15) is 0 Å². The minimum atomic E-state index is 0.666. The highest BCUT2D eigenvalue weighted by Crippen LogP contribution is 2.14. The van der Waals surface area contributed by atoms with E-state index in [9.17, 15) is 0 Å². The van der Waals surface area contributed by atoms with Gasteiger partial charge in [-0.2, -0.15) is 11.8 Å². The molecule has 0 spiro atoms. The van der Waals surface area contributed by atoms with E-state index in [1.807, 2.05) is 5.38 Å². The van der Waals surface area contributed by atoms with Crippen LogP contribution in [-0.4, -0.2) is 11.2 Å². The van der Waals surface area contributed by atoms with Crippen molar-refractivity contribution in [2.24, 2.45) is 0 Å². The van der Waals surface area contributed by atoms with E-state index in [1.165, 1.54) is 11.3 Å². The Kier molecular flexibility index (Phi) is 2.36. The van der Waals surface area contributed by atoms with Crippen molar-refractivity contribution in [1.29, 1.82) is 0 Å². The first-order chi connectivity index (χ1) is 4.33. The summed E-state index contributed by atoms with van der Waals surface area (Å²) in [6.07, 6.45) is 2.05. The fourth-order valence-electron chi connectivity index (χ4n) is 0.537. The Hall–Kier alpha value is -0.220. The number of hydrogen-bond donors (Lipinski definition) is 1. The Bertz CT molecular complexity index is 185. The van der Waals surface area contributed by atoms with Gasteiger partial charge in [0, 0.05) is 11.1 Å². The molecule has 0 saturated carbocycles. The fraction of sp³-hybridized carbons (Fsp3) is 0.400. The van der Waals surface area contributed by atoms with E-state index in [0.717, 1.165) is 11.4 Å². The van der Waals surface area contributed by atoms with E-state index >= 15 is 0 Å². The summed E-state index contributed by atoms with van der Waals surface area (Å²) in [7, 11) is 0. The van der Waals surface area contributed by atoms with E-state index in [1.54, 1.807) is 11.8 Å². The third-order valence-corrected chi connectivity index (χ3v) is 2.17. The van der Waals surface area contributed by atoms with Gasteiger partial charge in [0.05, 0.1) is 5.69 Å². The Labute approximate surface area is 62.5 Å². The molecule has 0 aromatic carbocycles. The molecule has 0 fully saturated rings. The van der Waals surface area contributed by atoms with E-state index in [4.69, 9.17) is 5.73 Å². The van der Waals surface area contributed by atoms with Gasteiger partial charge in [0.2, 0.25) is 0 Å². The number of thioether (sulfide) groups is 1. The number of rotatable bonds is 2. The van der Waals surface area contributed by atoms with Crippen LogP contribution < -0.4 is 5.73 Å². The van der Waals surface area contributed by atoms with Crippen LogP contribution in [0.4, 0.5) is 5.13 Å². The second-order valence-corrected chi connectivity index (χ2v) is 3.37. The van der Waals surface area contributed by atoms with E-state index < -0.39 is 0 Å². The lowest BCUT2D eigenvalue weighted by Gasteiger charge is -1.85. The highest BCUT2D eigenvalue weighted by atomic mass is 32.2. The Balaban J connectivity index is 2.61. The minimum Gasteiger partial charge on any atom is -0.375 e. The monoisotopic (exact) mass is 160 g/mol. The van der Waals surface area contributed by atoms with Gasteiger partial charge in [-0.25, -0.2) is 4.98 Å². The Morgan fingerprint density at radius 2 is 2.67 bits per heavy atom. The molecule has 0 bridgehead atoms. The van der Waals surface area contributed by atoms with Crippen molar-refractivity contribution in [3.63, 3.8) is 0 Å². The first-order valence-electron chi connectivity index (χ1n) is 2.51. The molecule has 0 saturated heterocycles. The summed E-state index contributed by atoms with van der Waals surface area (Å²) in [6, 6.07) is 0. The molecule has 1 heterocycles. The SMILES string of the molecule is CSCc1csc(N)n1. The third-order valence-electron chi connectivity index (χ3n) is 0.862. The number of thiazole rings is 1. The van der Waals surface area contributed by atoms with Crippen LogP contribution in [0.5, 0.6) is 0 Å². The summed E-state index contributed by atoms with van der Waals surface area (Å²) in [6.45, 7) is 0. The van der Waals surface area contributed by atoms with Crippen LogP contribution in [0.25, 0.3) is 0 Å². The molecule has 0 radical (unpaired) electrons. The predicted octanol–water partition coefficient (Wildman–Crippen LogP) is 1.59. The highest BCUT2D eigenvalue weighted by molar-refractivity contribution is 7.97. The maximum absolute atomic E-state index is 5.41. The second-order valence-electron chi connectivity index (χ2n) is 1.61. The average Bonchev–Trinajstić information content (AvgIpc) is 2.17. The average molecular weight is 160 g/mol. The lowest BCUT2D eigenvalue weighted by atomic mass is 10.6.